The lowest BCUT2D eigenvalue weighted by Gasteiger charge is -2.25. The number of pyridine rings is 1. The quantitative estimate of drug-likeness (QED) is 0.509. The van der Waals surface area contributed by atoms with Crippen molar-refractivity contribution in [1.82, 2.24) is 9.88 Å². The molecule has 6 heteroatoms. The van der Waals surface area contributed by atoms with Crippen LogP contribution in [0.4, 0.5) is 0 Å². The molecule has 1 rings (SSSR count). The van der Waals surface area contributed by atoms with Crippen LogP contribution >= 0.6 is 11.6 Å². The van der Waals surface area contributed by atoms with Gasteiger partial charge in [0.1, 0.15) is 11.2 Å². The zero-order chi connectivity index (χ0) is 14.4. The number of nitriles is 1. The van der Waals surface area contributed by atoms with Gasteiger partial charge < -0.3 is 10.0 Å². The lowest BCUT2D eigenvalue weighted by Crippen LogP contribution is -2.24. The number of rotatable bonds is 5. The molecule has 0 saturated carbocycles. The Bertz CT molecular complexity index is 545. The van der Waals surface area contributed by atoms with Crippen molar-refractivity contribution in [2.75, 3.05) is 13.1 Å². The maximum Gasteiger partial charge on any atom is 0.348 e. The molecule has 19 heavy (non-hydrogen) atoms. The molecular weight excluding hydrogens is 266 g/mol. The van der Waals surface area contributed by atoms with E-state index in [0.717, 1.165) is 0 Å². The number of carbonyl (C=O) groups is 1. The molecule has 0 unspecified atom stereocenters. The monoisotopic (exact) mass is 279 g/mol. The first-order valence-electron chi connectivity index (χ1n) is 5.80. The van der Waals surface area contributed by atoms with E-state index in [9.17, 15) is 4.79 Å². The normalized spacial score (nSPS) is 11.5. The van der Waals surface area contributed by atoms with Crippen LogP contribution in [0, 0.1) is 11.3 Å². The van der Waals surface area contributed by atoms with Crippen LogP contribution in [0.15, 0.2) is 23.9 Å². The molecule has 0 aromatic carbocycles. The van der Waals surface area contributed by atoms with E-state index < -0.39 is 5.97 Å². The van der Waals surface area contributed by atoms with Gasteiger partial charge in [0, 0.05) is 24.8 Å². The fraction of sp³-hybridized carbons (Fsp3) is 0.308. The summed E-state index contributed by atoms with van der Waals surface area (Å²) in [6, 6.07) is 5.04. The number of aliphatic carboxylic acids is 1. The van der Waals surface area contributed by atoms with Gasteiger partial charge in [-0.25, -0.2) is 9.78 Å². The van der Waals surface area contributed by atoms with Gasteiger partial charge in [0.05, 0.1) is 5.70 Å². The highest BCUT2D eigenvalue weighted by atomic mass is 35.5. The summed E-state index contributed by atoms with van der Waals surface area (Å²) in [6.07, 6.45) is 1.51. The molecule has 1 aromatic heterocycles. The summed E-state index contributed by atoms with van der Waals surface area (Å²) in [6.45, 7) is 4.89. The van der Waals surface area contributed by atoms with E-state index in [4.69, 9.17) is 22.0 Å². The third-order valence-corrected chi connectivity index (χ3v) is 2.96. The molecule has 0 fully saturated rings. The van der Waals surface area contributed by atoms with Gasteiger partial charge in [-0.05, 0) is 26.0 Å². The Labute approximate surface area is 116 Å². The Hall–Kier alpha value is -2.06. The van der Waals surface area contributed by atoms with E-state index in [2.05, 4.69) is 4.98 Å². The lowest BCUT2D eigenvalue weighted by molar-refractivity contribution is -0.132. The Kier molecular flexibility index (Phi) is 5.34. The van der Waals surface area contributed by atoms with E-state index in [1.807, 2.05) is 13.8 Å². The fourth-order valence-corrected chi connectivity index (χ4v) is 1.98. The molecule has 0 saturated heterocycles. The predicted molar refractivity (Wildman–Crippen MR) is 72.3 cm³/mol. The summed E-state index contributed by atoms with van der Waals surface area (Å²) in [4.78, 5) is 16.9. The van der Waals surface area contributed by atoms with Gasteiger partial charge in [-0.1, -0.05) is 11.6 Å². The molecule has 0 aliphatic heterocycles. The first-order chi connectivity index (χ1) is 9.06. The predicted octanol–water partition coefficient (Wildman–Crippen LogP) is 2.40. The maximum atomic E-state index is 11.2. The third kappa shape index (κ3) is 3.24. The van der Waals surface area contributed by atoms with Crippen molar-refractivity contribution < 1.29 is 9.90 Å². The first kappa shape index (κ1) is 15.0. The van der Waals surface area contributed by atoms with Gasteiger partial charge in [0.15, 0.2) is 5.57 Å². The standard InChI is InChI=1S/C13H14ClN3O2/c1-3-17(4-2)11(10(8-15)13(18)19)9-6-5-7-16-12(9)14/h5-7H,3-4H2,1-2H3,(H,18,19). The minimum absolute atomic E-state index is 0.179. The summed E-state index contributed by atoms with van der Waals surface area (Å²) in [5.74, 6) is -1.27. The van der Waals surface area contributed by atoms with Crippen molar-refractivity contribution in [1.29, 1.82) is 5.26 Å². The van der Waals surface area contributed by atoms with Crippen LogP contribution in [0.25, 0.3) is 5.70 Å². The number of carboxylic acids is 1. The zero-order valence-electron chi connectivity index (χ0n) is 10.7. The molecule has 5 nitrogen and oxygen atoms in total. The lowest BCUT2D eigenvalue weighted by atomic mass is 10.1. The summed E-state index contributed by atoms with van der Waals surface area (Å²) < 4.78 is 0. The molecule has 100 valence electrons. The van der Waals surface area contributed by atoms with Crippen molar-refractivity contribution in [2.24, 2.45) is 0 Å². The van der Waals surface area contributed by atoms with Crippen molar-refractivity contribution >= 4 is 23.3 Å². The zero-order valence-corrected chi connectivity index (χ0v) is 11.5. The number of carboxylic acid groups (broad SMARTS) is 1. The van der Waals surface area contributed by atoms with Crippen LogP contribution in [0.5, 0.6) is 0 Å². The van der Waals surface area contributed by atoms with Crippen molar-refractivity contribution in [3.63, 3.8) is 0 Å². The average molecular weight is 280 g/mol. The molecule has 0 radical (unpaired) electrons. The smallest absolute Gasteiger partial charge is 0.348 e. The van der Waals surface area contributed by atoms with E-state index >= 15 is 0 Å². The molecule has 0 atom stereocenters. The number of aromatic nitrogens is 1. The van der Waals surface area contributed by atoms with Gasteiger partial charge in [-0.2, -0.15) is 5.26 Å². The second-order valence-corrected chi connectivity index (χ2v) is 4.01. The Morgan fingerprint density at radius 2 is 2.16 bits per heavy atom. The van der Waals surface area contributed by atoms with Crippen LogP contribution < -0.4 is 0 Å². The summed E-state index contributed by atoms with van der Waals surface area (Å²) in [7, 11) is 0. The average Bonchev–Trinajstić information content (AvgIpc) is 2.39. The van der Waals surface area contributed by atoms with E-state index in [0.29, 0.717) is 24.4 Å². The van der Waals surface area contributed by atoms with Crippen molar-refractivity contribution in [2.45, 2.75) is 13.8 Å². The van der Waals surface area contributed by atoms with E-state index in [1.54, 1.807) is 23.1 Å². The number of halogens is 1. The summed E-state index contributed by atoms with van der Waals surface area (Å²) in [5.41, 5.74) is 0.420. The molecule has 0 aliphatic carbocycles. The molecule has 0 spiro atoms. The van der Waals surface area contributed by atoms with Gasteiger partial charge in [-0.15, -0.1) is 0 Å². The molecule has 0 amide bonds. The van der Waals surface area contributed by atoms with Gasteiger partial charge in [0.2, 0.25) is 0 Å². The first-order valence-corrected chi connectivity index (χ1v) is 6.18. The number of hydrogen-bond donors (Lipinski definition) is 1. The molecule has 1 aromatic rings. The molecule has 1 N–H and O–H groups in total. The maximum absolute atomic E-state index is 11.2. The highest BCUT2D eigenvalue weighted by Gasteiger charge is 2.22. The van der Waals surface area contributed by atoms with Crippen LogP contribution in [-0.4, -0.2) is 34.0 Å². The second-order valence-electron chi connectivity index (χ2n) is 3.65. The number of nitrogens with zero attached hydrogens (tertiary/aromatic N) is 3. The topological polar surface area (TPSA) is 77.2 Å². The summed E-state index contributed by atoms with van der Waals surface area (Å²) >= 11 is 6.01. The minimum atomic E-state index is -1.27. The Morgan fingerprint density at radius 1 is 1.53 bits per heavy atom. The van der Waals surface area contributed by atoms with Crippen LogP contribution in [-0.2, 0) is 4.79 Å². The SMILES string of the molecule is CCN(CC)C(=C(C#N)C(=O)O)c1cccnc1Cl. The fourth-order valence-electron chi connectivity index (χ4n) is 1.77. The van der Waals surface area contributed by atoms with Crippen molar-refractivity contribution in [3.05, 3.63) is 34.6 Å². The van der Waals surface area contributed by atoms with Gasteiger partial charge >= 0.3 is 5.97 Å². The highest BCUT2D eigenvalue weighted by molar-refractivity contribution is 6.31. The molecule has 0 bridgehead atoms. The largest absolute Gasteiger partial charge is 0.477 e. The molecular formula is C13H14ClN3O2. The Balaban J connectivity index is 3.58. The second kappa shape index (κ2) is 6.76. The van der Waals surface area contributed by atoms with Crippen LogP contribution in [0.2, 0.25) is 5.15 Å². The van der Waals surface area contributed by atoms with Crippen LogP contribution in [0.3, 0.4) is 0 Å². The third-order valence-electron chi connectivity index (χ3n) is 2.66. The van der Waals surface area contributed by atoms with Crippen molar-refractivity contribution in [3.8, 4) is 6.07 Å². The van der Waals surface area contributed by atoms with Gasteiger partial charge in [0.25, 0.3) is 0 Å². The van der Waals surface area contributed by atoms with Gasteiger partial charge in [-0.3, -0.25) is 0 Å². The molecule has 0 aliphatic rings. The van der Waals surface area contributed by atoms with Crippen LogP contribution in [0.1, 0.15) is 19.4 Å². The summed E-state index contributed by atoms with van der Waals surface area (Å²) in [5, 5.41) is 18.4. The minimum Gasteiger partial charge on any atom is -0.477 e. The molecule has 1 heterocycles. The Morgan fingerprint density at radius 3 is 2.58 bits per heavy atom. The van der Waals surface area contributed by atoms with E-state index in [-0.39, 0.29) is 10.7 Å². The number of hydrogen-bond acceptors (Lipinski definition) is 4. The highest BCUT2D eigenvalue weighted by Crippen LogP contribution is 2.27. The van der Waals surface area contributed by atoms with E-state index in [1.165, 1.54) is 6.20 Å².